The smallest absolute Gasteiger partial charge is 0.0391 e. The number of hydrogen-bond donors (Lipinski definition) is 1. The zero-order valence-corrected chi connectivity index (χ0v) is 12.0. The highest BCUT2D eigenvalue weighted by Crippen LogP contribution is 2.45. The summed E-state index contributed by atoms with van der Waals surface area (Å²) in [6.45, 7) is 2.35. The molecule has 1 nitrogen and oxygen atoms in total. The first-order valence-corrected chi connectivity index (χ1v) is 7.75. The maximum Gasteiger partial charge on any atom is 0.0391 e. The van der Waals surface area contributed by atoms with Gasteiger partial charge < -0.3 is 5.73 Å². The summed E-state index contributed by atoms with van der Waals surface area (Å²) in [7, 11) is 0. The van der Waals surface area contributed by atoms with E-state index >= 15 is 0 Å². The molecule has 0 aromatic heterocycles. The van der Waals surface area contributed by atoms with E-state index in [9.17, 15) is 0 Å². The predicted octanol–water partition coefficient (Wildman–Crippen LogP) is 4.74. The molecule has 2 N–H and O–H groups in total. The number of nitrogens with two attached hydrogens (primary N) is 1. The highest BCUT2D eigenvalue weighted by molar-refractivity contribution is 5.82. The Hall–Kier alpha value is -1.76. The summed E-state index contributed by atoms with van der Waals surface area (Å²) in [4.78, 5) is 0. The van der Waals surface area contributed by atoms with E-state index in [1.165, 1.54) is 47.1 Å². The van der Waals surface area contributed by atoms with E-state index in [1.807, 2.05) is 0 Å². The molecule has 1 heteroatoms. The third-order valence-electron chi connectivity index (χ3n) is 5.41. The van der Waals surface area contributed by atoms with E-state index in [0.29, 0.717) is 5.92 Å². The lowest BCUT2D eigenvalue weighted by atomic mass is 9.73. The van der Waals surface area contributed by atoms with Crippen LogP contribution in [-0.2, 0) is 6.42 Å². The Bertz CT molecular complexity index is 667. The van der Waals surface area contributed by atoms with Crippen molar-refractivity contribution in [3.63, 3.8) is 0 Å². The summed E-state index contributed by atoms with van der Waals surface area (Å²) in [6.07, 6.45) is 5.14. The van der Waals surface area contributed by atoms with Crippen LogP contribution < -0.4 is 5.73 Å². The molecule has 0 bridgehead atoms. The highest BCUT2D eigenvalue weighted by Gasteiger charge is 2.28. The number of fused-ring (bicyclic) bond motifs is 3. The number of rotatable bonds is 2. The zero-order valence-electron chi connectivity index (χ0n) is 12.0. The fourth-order valence-electron chi connectivity index (χ4n) is 3.84. The average Bonchev–Trinajstić information content (AvgIpc) is 2.77. The van der Waals surface area contributed by atoms with Gasteiger partial charge in [-0.05, 0) is 52.5 Å². The second-order valence-corrected chi connectivity index (χ2v) is 6.41. The van der Waals surface area contributed by atoms with Gasteiger partial charge in [0, 0.05) is 12.1 Å². The van der Waals surface area contributed by atoms with Crippen molar-refractivity contribution < 1.29 is 0 Å². The van der Waals surface area contributed by atoms with Gasteiger partial charge in [-0.2, -0.15) is 0 Å². The van der Waals surface area contributed by atoms with Crippen LogP contribution in [0.3, 0.4) is 0 Å². The lowest BCUT2D eigenvalue weighted by molar-refractivity contribution is 0.272. The molecule has 0 aliphatic heterocycles. The van der Waals surface area contributed by atoms with E-state index in [0.717, 1.165) is 18.0 Å². The van der Waals surface area contributed by atoms with Crippen molar-refractivity contribution in [3.8, 4) is 11.1 Å². The van der Waals surface area contributed by atoms with Gasteiger partial charge in [-0.3, -0.25) is 0 Å². The van der Waals surface area contributed by atoms with Crippen LogP contribution in [0.25, 0.3) is 11.1 Å². The second kappa shape index (κ2) is 4.37. The molecule has 1 saturated carbocycles. The number of nitrogen functional groups attached to an aromatic ring is 1. The van der Waals surface area contributed by atoms with Crippen molar-refractivity contribution in [1.82, 2.24) is 0 Å². The van der Waals surface area contributed by atoms with Gasteiger partial charge in [0.15, 0.2) is 0 Å². The van der Waals surface area contributed by atoms with Gasteiger partial charge in [0.25, 0.3) is 0 Å². The van der Waals surface area contributed by atoms with Crippen LogP contribution in [0.4, 0.5) is 5.69 Å². The molecule has 0 saturated heterocycles. The SMILES string of the molecule is C[C@@H](c1ccc2c(c1N)Cc1ccccc1-2)C1CCC1. The number of anilines is 1. The number of hydrogen-bond acceptors (Lipinski definition) is 1. The lowest BCUT2D eigenvalue weighted by Gasteiger charge is -2.32. The minimum absolute atomic E-state index is 0.609. The Balaban J connectivity index is 1.78. The fourth-order valence-corrected chi connectivity index (χ4v) is 3.84. The van der Waals surface area contributed by atoms with Crippen LogP contribution in [-0.4, -0.2) is 0 Å². The van der Waals surface area contributed by atoms with Crippen LogP contribution in [0.5, 0.6) is 0 Å². The van der Waals surface area contributed by atoms with Gasteiger partial charge in [0.1, 0.15) is 0 Å². The summed E-state index contributed by atoms with van der Waals surface area (Å²) >= 11 is 0. The third-order valence-corrected chi connectivity index (χ3v) is 5.41. The first kappa shape index (κ1) is 12.0. The molecule has 2 aliphatic rings. The van der Waals surface area contributed by atoms with Crippen LogP contribution in [0, 0.1) is 5.92 Å². The van der Waals surface area contributed by atoms with E-state index < -0.39 is 0 Å². The second-order valence-electron chi connectivity index (χ2n) is 6.41. The van der Waals surface area contributed by atoms with E-state index in [4.69, 9.17) is 5.73 Å². The minimum Gasteiger partial charge on any atom is -0.398 e. The quantitative estimate of drug-likeness (QED) is 0.664. The normalized spacial score (nSPS) is 18.2. The molecule has 1 fully saturated rings. The zero-order chi connectivity index (χ0) is 13.7. The molecule has 2 aromatic rings. The molecule has 2 aliphatic carbocycles. The Kier molecular flexibility index (Phi) is 2.63. The molecule has 0 amide bonds. The van der Waals surface area contributed by atoms with Crippen LogP contribution in [0.2, 0.25) is 0 Å². The molecule has 2 aromatic carbocycles. The topological polar surface area (TPSA) is 26.0 Å². The van der Waals surface area contributed by atoms with Crippen molar-refractivity contribution >= 4 is 5.69 Å². The summed E-state index contributed by atoms with van der Waals surface area (Å²) in [6, 6.07) is 13.3. The van der Waals surface area contributed by atoms with Crippen molar-refractivity contribution in [2.45, 2.75) is 38.5 Å². The molecular formula is C19H21N. The molecule has 0 unspecified atom stereocenters. The van der Waals surface area contributed by atoms with Gasteiger partial charge in [-0.15, -0.1) is 0 Å². The van der Waals surface area contributed by atoms with Gasteiger partial charge in [0.05, 0.1) is 0 Å². The van der Waals surface area contributed by atoms with Crippen molar-refractivity contribution in [2.24, 2.45) is 5.92 Å². The largest absolute Gasteiger partial charge is 0.398 e. The predicted molar refractivity (Wildman–Crippen MR) is 84.9 cm³/mol. The Morgan fingerprint density at radius 1 is 1.05 bits per heavy atom. The minimum atomic E-state index is 0.609. The highest BCUT2D eigenvalue weighted by atomic mass is 14.6. The van der Waals surface area contributed by atoms with E-state index in [1.54, 1.807) is 0 Å². The number of benzene rings is 2. The van der Waals surface area contributed by atoms with Crippen LogP contribution in [0.15, 0.2) is 36.4 Å². The summed E-state index contributed by atoms with van der Waals surface area (Å²) in [5.41, 5.74) is 14.5. The van der Waals surface area contributed by atoms with Crippen molar-refractivity contribution in [2.75, 3.05) is 5.73 Å². The van der Waals surface area contributed by atoms with Crippen LogP contribution >= 0.6 is 0 Å². The maximum absolute atomic E-state index is 6.53. The van der Waals surface area contributed by atoms with Gasteiger partial charge in [-0.1, -0.05) is 49.7 Å². The summed E-state index contributed by atoms with van der Waals surface area (Å²) < 4.78 is 0. The van der Waals surface area contributed by atoms with Crippen molar-refractivity contribution in [3.05, 3.63) is 53.1 Å². The molecule has 0 radical (unpaired) electrons. The molecule has 102 valence electrons. The molecule has 0 heterocycles. The maximum atomic E-state index is 6.53. The molecule has 4 rings (SSSR count). The van der Waals surface area contributed by atoms with Gasteiger partial charge >= 0.3 is 0 Å². The molecule has 0 spiro atoms. The van der Waals surface area contributed by atoms with E-state index in [2.05, 4.69) is 43.3 Å². The fraction of sp³-hybridized carbons (Fsp3) is 0.368. The molecular weight excluding hydrogens is 242 g/mol. The van der Waals surface area contributed by atoms with E-state index in [-0.39, 0.29) is 0 Å². The van der Waals surface area contributed by atoms with Crippen molar-refractivity contribution in [1.29, 1.82) is 0 Å². The summed E-state index contributed by atoms with van der Waals surface area (Å²) in [5.74, 6) is 1.46. The Morgan fingerprint density at radius 3 is 2.60 bits per heavy atom. The molecule has 1 atom stereocenters. The Labute approximate surface area is 120 Å². The average molecular weight is 263 g/mol. The Morgan fingerprint density at radius 2 is 1.85 bits per heavy atom. The lowest BCUT2D eigenvalue weighted by Crippen LogP contribution is -2.19. The third kappa shape index (κ3) is 1.62. The molecule has 20 heavy (non-hydrogen) atoms. The summed E-state index contributed by atoms with van der Waals surface area (Å²) in [5, 5.41) is 0. The van der Waals surface area contributed by atoms with Crippen LogP contribution in [0.1, 0.15) is 48.8 Å². The first-order valence-electron chi connectivity index (χ1n) is 7.75. The van der Waals surface area contributed by atoms with Gasteiger partial charge in [-0.25, -0.2) is 0 Å². The van der Waals surface area contributed by atoms with Gasteiger partial charge in [0.2, 0.25) is 0 Å². The monoisotopic (exact) mass is 263 g/mol. The first-order chi connectivity index (χ1) is 9.75. The standard InChI is InChI=1S/C19H21N/c1-12(13-6-4-7-13)15-9-10-17-16-8-3-2-5-14(16)11-18(17)19(15)20/h2-3,5,8-10,12-13H,4,6-7,11,20H2,1H3/t12-/m1/s1.